The van der Waals surface area contributed by atoms with Crippen LogP contribution in [0.4, 0.5) is 10.1 Å². The summed E-state index contributed by atoms with van der Waals surface area (Å²) in [6.45, 7) is 7.25. The van der Waals surface area contributed by atoms with Crippen molar-refractivity contribution in [1.82, 2.24) is 19.4 Å². The molecule has 2 aromatic carbocycles. The molecule has 1 N–H and O–H groups in total. The highest BCUT2D eigenvalue weighted by Gasteiger charge is 2.18. The molecule has 0 bridgehead atoms. The maximum Gasteiger partial charge on any atom is 0.123 e. The number of benzene rings is 2. The molecule has 3 aromatic rings. The Bertz CT molecular complexity index is 1020. The highest BCUT2D eigenvalue weighted by atomic mass is 19.1. The third-order valence-electron chi connectivity index (χ3n) is 5.89. The predicted octanol–water partition coefficient (Wildman–Crippen LogP) is 3.71. The summed E-state index contributed by atoms with van der Waals surface area (Å²) in [5.41, 5.74) is 4.00. The Kier molecular flexibility index (Phi) is 7.49. The molecule has 6 nitrogen and oxygen atoms in total. The molecule has 4 rings (SSSR count). The van der Waals surface area contributed by atoms with Gasteiger partial charge in [-0.3, -0.25) is 9.80 Å². The number of aryl methyl sites for hydroxylation is 1. The molecule has 7 heteroatoms. The van der Waals surface area contributed by atoms with Crippen molar-refractivity contribution in [3.63, 3.8) is 0 Å². The Balaban J connectivity index is 1.27. The second-order valence-electron chi connectivity index (χ2n) is 8.24. The summed E-state index contributed by atoms with van der Waals surface area (Å²) >= 11 is 0. The molecule has 1 fully saturated rings. The van der Waals surface area contributed by atoms with E-state index in [4.69, 9.17) is 0 Å². The number of nitrogens with one attached hydrogen (secondary N) is 1. The summed E-state index contributed by atoms with van der Waals surface area (Å²) in [5.74, 6) is -0.193. The molecule has 32 heavy (non-hydrogen) atoms. The van der Waals surface area contributed by atoms with Crippen LogP contribution < -0.4 is 5.32 Å². The third-order valence-corrected chi connectivity index (χ3v) is 5.89. The summed E-state index contributed by atoms with van der Waals surface area (Å²) in [4.78, 5) is 8.86. The number of hydrogen-bond acceptors (Lipinski definition) is 5. The van der Waals surface area contributed by atoms with E-state index in [2.05, 4.69) is 36.8 Å². The standard InChI is InChI=1S/C25H29FN6/c26-24-5-2-21(3-6-24)18-30-12-14-31(15-13-30)19-23-16-25(7-4-22(23)17-27)29-8-1-10-32-11-9-28-20-32/h2-7,9,11,16,20,29H,1,8,10,12-15,18-19H2. The van der Waals surface area contributed by atoms with E-state index in [1.54, 1.807) is 6.20 Å². The van der Waals surface area contributed by atoms with Crippen LogP contribution in [0.3, 0.4) is 0 Å². The number of aromatic nitrogens is 2. The SMILES string of the molecule is N#Cc1ccc(NCCCn2ccnc2)cc1CN1CCN(Cc2ccc(F)cc2)CC1. The fourth-order valence-electron chi connectivity index (χ4n) is 4.05. The van der Waals surface area contributed by atoms with Crippen LogP contribution in [0.1, 0.15) is 23.1 Å². The minimum atomic E-state index is -0.193. The van der Waals surface area contributed by atoms with Gasteiger partial charge in [0.2, 0.25) is 0 Å². The first-order valence-corrected chi connectivity index (χ1v) is 11.1. The zero-order valence-electron chi connectivity index (χ0n) is 18.3. The third kappa shape index (κ3) is 6.16. The summed E-state index contributed by atoms with van der Waals surface area (Å²) in [7, 11) is 0. The summed E-state index contributed by atoms with van der Waals surface area (Å²) < 4.78 is 15.2. The van der Waals surface area contributed by atoms with Gasteiger partial charge < -0.3 is 9.88 Å². The average molecular weight is 433 g/mol. The van der Waals surface area contributed by atoms with E-state index >= 15 is 0 Å². The lowest BCUT2D eigenvalue weighted by Crippen LogP contribution is -2.45. The lowest BCUT2D eigenvalue weighted by molar-refractivity contribution is 0.122. The first-order valence-electron chi connectivity index (χ1n) is 11.1. The molecule has 0 saturated carbocycles. The Hall–Kier alpha value is -3.21. The maximum atomic E-state index is 13.1. The molecule has 166 valence electrons. The summed E-state index contributed by atoms with van der Waals surface area (Å²) in [5, 5.41) is 13.0. The van der Waals surface area contributed by atoms with Gasteiger partial charge in [0.05, 0.1) is 18.0 Å². The van der Waals surface area contributed by atoms with Crippen LogP contribution >= 0.6 is 0 Å². The predicted molar refractivity (Wildman–Crippen MR) is 123 cm³/mol. The Labute approximate surface area is 188 Å². The average Bonchev–Trinajstić information content (AvgIpc) is 3.33. The van der Waals surface area contributed by atoms with Gasteiger partial charge in [-0.05, 0) is 47.9 Å². The number of imidazole rings is 1. The van der Waals surface area contributed by atoms with Crippen LogP contribution in [-0.2, 0) is 19.6 Å². The second-order valence-corrected chi connectivity index (χ2v) is 8.24. The largest absolute Gasteiger partial charge is 0.385 e. The van der Waals surface area contributed by atoms with Gasteiger partial charge in [-0.2, -0.15) is 5.26 Å². The highest BCUT2D eigenvalue weighted by molar-refractivity contribution is 5.52. The van der Waals surface area contributed by atoms with Crippen molar-refractivity contribution in [2.75, 3.05) is 38.0 Å². The molecule has 0 spiro atoms. The van der Waals surface area contributed by atoms with Gasteiger partial charge in [-0.15, -0.1) is 0 Å². The molecule has 1 aromatic heterocycles. The molecule has 1 aliphatic heterocycles. The van der Waals surface area contributed by atoms with E-state index in [9.17, 15) is 9.65 Å². The molecular formula is C25H29FN6. The molecule has 0 unspecified atom stereocenters. The van der Waals surface area contributed by atoms with Gasteiger partial charge in [0.1, 0.15) is 5.82 Å². The number of nitriles is 1. The van der Waals surface area contributed by atoms with Crippen molar-refractivity contribution >= 4 is 5.69 Å². The fourth-order valence-corrected chi connectivity index (χ4v) is 4.05. The fraction of sp³-hybridized carbons (Fsp3) is 0.360. The minimum Gasteiger partial charge on any atom is -0.385 e. The van der Waals surface area contributed by atoms with Crippen molar-refractivity contribution < 1.29 is 4.39 Å². The molecule has 0 atom stereocenters. The van der Waals surface area contributed by atoms with E-state index in [1.165, 1.54) is 12.1 Å². The zero-order chi connectivity index (χ0) is 22.2. The van der Waals surface area contributed by atoms with Gasteiger partial charge in [-0.1, -0.05) is 12.1 Å². The lowest BCUT2D eigenvalue weighted by Gasteiger charge is -2.35. The van der Waals surface area contributed by atoms with Gasteiger partial charge in [0.25, 0.3) is 0 Å². The van der Waals surface area contributed by atoms with E-state index in [1.807, 2.05) is 36.8 Å². The van der Waals surface area contributed by atoms with Crippen LogP contribution in [0.15, 0.2) is 61.2 Å². The number of piperazine rings is 1. The van der Waals surface area contributed by atoms with Crippen LogP contribution in [0.25, 0.3) is 0 Å². The molecule has 1 aliphatic rings. The van der Waals surface area contributed by atoms with E-state index < -0.39 is 0 Å². The van der Waals surface area contributed by atoms with Crippen molar-refractivity contribution in [2.45, 2.75) is 26.1 Å². The lowest BCUT2D eigenvalue weighted by atomic mass is 10.1. The van der Waals surface area contributed by atoms with E-state index in [0.29, 0.717) is 0 Å². The van der Waals surface area contributed by atoms with Crippen LogP contribution in [0.2, 0.25) is 0 Å². The molecular weight excluding hydrogens is 403 g/mol. The van der Waals surface area contributed by atoms with Crippen LogP contribution in [0, 0.1) is 17.1 Å². The first-order chi connectivity index (χ1) is 15.7. The second kappa shape index (κ2) is 10.9. The molecule has 0 radical (unpaired) electrons. The van der Waals surface area contributed by atoms with Gasteiger partial charge in [-0.25, -0.2) is 9.37 Å². The van der Waals surface area contributed by atoms with Gasteiger partial charge in [0.15, 0.2) is 0 Å². The van der Waals surface area contributed by atoms with Crippen LogP contribution in [0.5, 0.6) is 0 Å². The molecule has 0 aliphatic carbocycles. The Morgan fingerprint density at radius 1 is 1.00 bits per heavy atom. The van der Waals surface area contributed by atoms with Crippen molar-refractivity contribution in [3.8, 4) is 6.07 Å². The van der Waals surface area contributed by atoms with Crippen molar-refractivity contribution in [2.24, 2.45) is 0 Å². The van der Waals surface area contributed by atoms with Crippen LogP contribution in [-0.4, -0.2) is 52.1 Å². The topological polar surface area (TPSA) is 60.1 Å². The minimum absolute atomic E-state index is 0.193. The zero-order valence-corrected chi connectivity index (χ0v) is 18.3. The highest BCUT2D eigenvalue weighted by Crippen LogP contribution is 2.19. The molecule has 1 saturated heterocycles. The number of rotatable bonds is 9. The number of hydrogen-bond donors (Lipinski definition) is 1. The van der Waals surface area contributed by atoms with E-state index in [0.717, 1.165) is 81.2 Å². The Morgan fingerprint density at radius 2 is 1.75 bits per heavy atom. The Morgan fingerprint density at radius 3 is 2.44 bits per heavy atom. The molecule has 0 amide bonds. The summed E-state index contributed by atoms with van der Waals surface area (Å²) in [6, 6.07) is 15.1. The summed E-state index contributed by atoms with van der Waals surface area (Å²) in [6.07, 6.45) is 6.60. The number of halogens is 1. The van der Waals surface area contributed by atoms with Gasteiger partial charge >= 0.3 is 0 Å². The number of anilines is 1. The molecule has 2 heterocycles. The maximum absolute atomic E-state index is 13.1. The smallest absolute Gasteiger partial charge is 0.123 e. The van der Waals surface area contributed by atoms with E-state index in [-0.39, 0.29) is 5.82 Å². The first kappa shape index (κ1) is 22.0. The van der Waals surface area contributed by atoms with Crippen molar-refractivity contribution in [1.29, 1.82) is 5.26 Å². The normalized spacial score (nSPS) is 14.9. The van der Waals surface area contributed by atoms with Crippen molar-refractivity contribution in [3.05, 3.63) is 83.7 Å². The van der Waals surface area contributed by atoms with Gasteiger partial charge in [0, 0.05) is 70.4 Å². The quantitative estimate of drug-likeness (QED) is 0.523. The monoisotopic (exact) mass is 432 g/mol. The number of nitrogens with zero attached hydrogens (tertiary/aromatic N) is 5.